The van der Waals surface area contributed by atoms with Crippen molar-refractivity contribution in [3.8, 4) is 0 Å². The maximum Gasteiger partial charge on any atom is 0.414 e. The van der Waals surface area contributed by atoms with Crippen molar-refractivity contribution in [2.24, 2.45) is 0 Å². The lowest BCUT2D eigenvalue weighted by molar-refractivity contribution is -0.135. The molecular formula is C19H25FN4O4S. The minimum atomic E-state index is -0.503. The van der Waals surface area contributed by atoms with Gasteiger partial charge in [0.05, 0.1) is 29.5 Å². The molecule has 0 bridgehead atoms. The number of hydrogen-bond acceptors (Lipinski definition) is 6. The standard InChI is InChI=1S/C19H25FN4O4S/c1-13(29)21-10-15-11-24(19(26)28-15)14-3-4-17(16(20)9-14)22-5-7-23(8-6-22)18(25)12-27-2/h3-4,9,15H,5-8,10-12H2,1-2H3,(H,21,29). The summed E-state index contributed by atoms with van der Waals surface area (Å²) in [5.74, 6) is -0.480. The van der Waals surface area contributed by atoms with Gasteiger partial charge in [0.15, 0.2) is 0 Å². The predicted molar refractivity (Wildman–Crippen MR) is 111 cm³/mol. The molecule has 2 heterocycles. The number of rotatable bonds is 6. The van der Waals surface area contributed by atoms with Gasteiger partial charge in [0, 0.05) is 33.3 Å². The minimum absolute atomic E-state index is 0.0511. The Morgan fingerprint density at radius 2 is 2.07 bits per heavy atom. The fourth-order valence-electron chi connectivity index (χ4n) is 3.43. The zero-order chi connectivity index (χ0) is 21.0. The fourth-order valence-corrected chi connectivity index (χ4v) is 3.51. The summed E-state index contributed by atoms with van der Waals surface area (Å²) in [4.78, 5) is 29.7. The highest BCUT2D eigenvalue weighted by molar-refractivity contribution is 7.80. The van der Waals surface area contributed by atoms with Gasteiger partial charge in [0.1, 0.15) is 18.5 Å². The van der Waals surface area contributed by atoms with E-state index in [9.17, 15) is 14.0 Å². The van der Waals surface area contributed by atoms with E-state index in [-0.39, 0.29) is 18.6 Å². The van der Waals surface area contributed by atoms with Gasteiger partial charge in [-0.2, -0.15) is 0 Å². The van der Waals surface area contributed by atoms with E-state index >= 15 is 0 Å². The third-order valence-electron chi connectivity index (χ3n) is 4.94. The number of thiocarbonyl (C=S) groups is 1. The number of piperazine rings is 1. The largest absolute Gasteiger partial charge is 0.442 e. The Bertz CT molecular complexity index is 785. The van der Waals surface area contributed by atoms with Crippen molar-refractivity contribution in [3.05, 3.63) is 24.0 Å². The van der Waals surface area contributed by atoms with Gasteiger partial charge in [-0.25, -0.2) is 9.18 Å². The topological polar surface area (TPSA) is 74.3 Å². The molecule has 1 aromatic carbocycles. The average Bonchev–Trinajstić information content (AvgIpc) is 3.07. The van der Waals surface area contributed by atoms with Crippen LogP contribution in [0.5, 0.6) is 0 Å². The number of carbonyl (C=O) groups is 2. The van der Waals surface area contributed by atoms with Crippen LogP contribution >= 0.6 is 12.2 Å². The van der Waals surface area contributed by atoms with Crippen LogP contribution in [-0.4, -0.2) is 81.0 Å². The first kappa shape index (κ1) is 21.3. The van der Waals surface area contributed by atoms with Crippen LogP contribution in [0.1, 0.15) is 6.92 Å². The summed E-state index contributed by atoms with van der Waals surface area (Å²) in [7, 11) is 1.48. The Kier molecular flexibility index (Phi) is 6.86. The molecule has 3 rings (SSSR count). The minimum Gasteiger partial charge on any atom is -0.442 e. The second-order valence-corrected chi connectivity index (χ2v) is 7.60. The van der Waals surface area contributed by atoms with Crippen molar-refractivity contribution >= 4 is 40.6 Å². The van der Waals surface area contributed by atoms with Crippen molar-refractivity contribution < 1.29 is 23.5 Å². The van der Waals surface area contributed by atoms with Crippen molar-refractivity contribution in [3.63, 3.8) is 0 Å². The van der Waals surface area contributed by atoms with Gasteiger partial charge in [0.25, 0.3) is 0 Å². The van der Waals surface area contributed by atoms with E-state index in [4.69, 9.17) is 21.7 Å². The number of anilines is 2. The molecule has 29 heavy (non-hydrogen) atoms. The number of amides is 2. The first-order chi connectivity index (χ1) is 13.9. The molecule has 10 heteroatoms. The van der Waals surface area contributed by atoms with Crippen molar-refractivity contribution in [1.29, 1.82) is 0 Å². The van der Waals surface area contributed by atoms with E-state index in [1.807, 2.05) is 4.90 Å². The Morgan fingerprint density at radius 3 is 2.69 bits per heavy atom. The first-order valence-corrected chi connectivity index (χ1v) is 9.83. The second kappa shape index (κ2) is 9.36. The SMILES string of the molecule is COCC(=O)N1CCN(c2ccc(N3CC(CNC(C)=S)OC3=O)cc2F)CC1. The lowest BCUT2D eigenvalue weighted by atomic mass is 10.2. The first-order valence-electron chi connectivity index (χ1n) is 9.43. The Hall–Kier alpha value is -2.46. The zero-order valence-corrected chi connectivity index (χ0v) is 17.3. The molecule has 2 aliphatic heterocycles. The maximum atomic E-state index is 14.8. The molecule has 0 saturated carbocycles. The highest BCUT2D eigenvalue weighted by atomic mass is 32.1. The smallest absolute Gasteiger partial charge is 0.414 e. The average molecular weight is 424 g/mol. The van der Waals surface area contributed by atoms with E-state index in [1.165, 1.54) is 18.1 Å². The quantitative estimate of drug-likeness (QED) is 0.692. The van der Waals surface area contributed by atoms with Crippen LogP contribution in [0.4, 0.5) is 20.6 Å². The third kappa shape index (κ3) is 5.13. The number of methoxy groups -OCH3 is 1. The second-order valence-electron chi connectivity index (χ2n) is 6.99. The summed E-state index contributed by atoms with van der Waals surface area (Å²) in [6.45, 7) is 4.63. The summed E-state index contributed by atoms with van der Waals surface area (Å²) in [6, 6.07) is 4.72. The molecular weight excluding hydrogens is 399 g/mol. The monoisotopic (exact) mass is 424 g/mol. The predicted octanol–water partition coefficient (Wildman–Crippen LogP) is 1.38. The van der Waals surface area contributed by atoms with Crippen LogP contribution in [0.3, 0.4) is 0 Å². The molecule has 2 saturated heterocycles. The van der Waals surface area contributed by atoms with Gasteiger partial charge in [-0.05, 0) is 25.1 Å². The number of hydrogen-bond donors (Lipinski definition) is 1. The van der Waals surface area contributed by atoms with Gasteiger partial charge < -0.3 is 24.6 Å². The number of cyclic esters (lactones) is 1. The Labute approximate surface area is 174 Å². The van der Waals surface area contributed by atoms with Crippen LogP contribution in [0.2, 0.25) is 0 Å². The number of ether oxygens (including phenoxy) is 2. The van der Waals surface area contributed by atoms with Gasteiger partial charge in [0.2, 0.25) is 5.91 Å². The summed E-state index contributed by atoms with van der Waals surface area (Å²) >= 11 is 4.96. The molecule has 0 radical (unpaired) electrons. The molecule has 0 aliphatic carbocycles. The van der Waals surface area contributed by atoms with Crippen molar-refractivity contribution in [2.75, 3.05) is 62.8 Å². The van der Waals surface area contributed by atoms with Crippen LogP contribution in [0.15, 0.2) is 18.2 Å². The van der Waals surface area contributed by atoms with Crippen LogP contribution in [-0.2, 0) is 14.3 Å². The van der Waals surface area contributed by atoms with Gasteiger partial charge in [-0.1, -0.05) is 12.2 Å². The number of nitrogens with one attached hydrogen (secondary N) is 1. The Morgan fingerprint density at radius 1 is 1.34 bits per heavy atom. The van der Waals surface area contributed by atoms with E-state index in [0.29, 0.717) is 55.6 Å². The van der Waals surface area contributed by atoms with Crippen LogP contribution < -0.4 is 15.1 Å². The molecule has 0 spiro atoms. The van der Waals surface area contributed by atoms with E-state index in [0.717, 1.165) is 0 Å². The molecule has 2 fully saturated rings. The Balaban J connectivity index is 1.62. The molecule has 0 aromatic heterocycles. The van der Waals surface area contributed by atoms with E-state index in [1.54, 1.807) is 24.0 Å². The molecule has 2 amide bonds. The fraction of sp³-hybridized carbons (Fsp3) is 0.526. The number of nitrogens with zero attached hydrogens (tertiary/aromatic N) is 3. The molecule has 2 aliphatic rings. The molecule has 1 aromatic rings. The lowest BCUT2D eigenvalue weighted by Gasteiger charge is -2.36. The highest BCUT2D eigenvalue weighted by Gasteiger charge is 2.33. The number of benzene rings is 1. The van der Waals surface area contributed by atoms with Crippen molar-refractivity contribution in [1.82, 2.24) is 10.2 Å². The van der Waals surface area contributed by atoms with Gasteiger partial charge in [-0.15, -0.1) is 0 Å². The highest BCUT2D eigenvalue weighted by Crippen LogP contribution is 2.28. The summed E-state index contributed by atoms with van der Waals surface area (Å²) in [6.07, 6.45) is -0.850. The van der Waals surface area contributed by atoms with Gasteiger partial charge >= 0.3 is 6.09 Å². The normalized spacial score (nSPS) is 19.3. The maximum absolute atomic E-state index is 14.8. The summed E-state index contributed by atoms with van der Waals surface area (Å²) in [5.41, 5.74) is 0.904. The van der Waals surface area contributed by atoms with Crippen molar-refractivity contribution in [2.45, 2.75) is 13.0 Å². The van der Waals surface area contributed by atoms with E-state index in [2.05, 4.69) is 5.32 Å². The lowest BCUT2D eigenvalue weighted by Crippen LogP contribution is -2.50. The molecule has 1 N–H and O–H groups in total. The number of carbonyl (C=O) groups excluding carboxylic acids is 2. The molecule has 158 valence electrons. The van der Waals surface area contributed by atoms with Crippen LogP contribution in [0.25, 0.3) is 0 Å². The third-order valence-corrected chi connectivity index (χ3v) is 5.08. The summed E-state index contributed by atoms with van der Waals surface area (Å²) < 4.78 is 25.0. The van der Waals surface area contributed by atoms with Crippen LogP contribution in [0, 0.1) is 5.82 Å². The molecule has 1 unspecified atom stereocenters. The van der Waals surface area contributed by atoms with Gasteiger partial charge in [-0.3, -0.25) is 9.69 Å². The number of halogens is 1. The van der Waals surface area contributed by atoms with E-state index < -0.39 is 11.9 Å². The molecule has 1 atom stereocenters. The zero-order valence-electron chi connectivity index (χ0n) is 16.5. The molecule has 8 nitrogen and oxygen atoms in total. The summed E-state index contributed by atoms with van der Waals surface area (Å²) in [5, 5.41) is 2.97.